The van der Waals surface area contributed by atoms with Gasteiger partial charge in [0.2, 0.25) is 0 Å². The highest BCUT2D eigenvalue weighted by Gasteiger charge is 2.22. The summed E-state index contributed by atoms with van der Waals surface area (Å²) in [7, 11) is -2.65. The third kappa shape index (κ3) is 4.10. The fraction of sp³-hybridized carbons (Fsp3) is 1.00. The second-order valence-corrected chi connectivity index (χ2v) is 4.21. The van der Waals surface area contributed by atoms with Gasteiger partial charge in [-0.1, -0.05) is 0 Å². The van der Waals surface area contributed by atoms with Crippen LogP contribution in [-0.4, -0.2) is 52.2 Å². The van der Waals surface area contributed by atoms with Crippen LogP contribution in [-0.2, 0) is 32.6 Å². The summed E-state index contributed by atoms with van der Waals surface area (Å²) in [6.07, 6.45) is -1.24. The van der Waals surface area contributed by atoms with E-state index in [1.807, 2.05) is 0 Å². The molecule has 2 heterocycles. The van der Waals surface area contributed by atoms with Crippen molar-refractivity contribution in [2.24, 2.45) is 0 Å². The van der Waals surface area contributed by atoms with Crippen LogP contribution in [0.15, 0.2) is 0 Å². The molecular weight excluding hydrogens is 239 g/mol. The quantitative estimate of drug-likeness (QED) is 0.661. The maximum absolute atomic E-state index is 11.4. The molecule has 2 rings (SSSR count). The summed E-state index contributed by atoms with van der Waals surface area (Å²) in [4.78, 5) is 0. The Kier molecular flexibility index (Phi) is 5.18. The fourth-order valence-corrected chi connectivity index (χ4v) is 2.07. The van der Waals surface area contributed by atoms with E-state index in [-0.39, 0.29) is 13.2 Å². The highest BCUT2D eigenvalue weighted by atomic mass is 31.1. The Balaban J connectivity index is 1.66. The molecule has 0 aromatic heterocycles. The first kappa shape index (κ1) is 12.4. The fourth-order valence-electron chi connectivity index (χ4n) is 1.31. The second-order valence-electron chi connectivity index (χ2n) is 3.24. The molecule has 0 aliphatic carbocycles. The second kappa shape index (κ2) is 6.66. The standard InChI is InChI=1S/C8H15O7P/c9-16(14-7-5-10-1-3-12-7)15-8-6-11-2-4-13-8/h7-8,16H,1-6H2. The number of rotatable bonds is 4. The van der Waals surface area contributed by atoms with Gasteiger partial charge < -0.3 is 18.9 Å². The highest BCUT2D eigenvalue weighted by Crippen LogP contribution is 2.30. The van der Waals surface area contributed by atoms with Crippen molar-refractivity contribution in [2.75, 3.05) is 39.6 Å². The smallest absolute Gasteiger partial charge is 0.323 e. The van der Waals surface area contributed by atoms with Crippen LogP contribution in [0.3, 0.4) is 0 Å². The molecule has 0 N–H and O–H groups in total. The van der Waals surface area contributed by atoms with Gasteiger partial charge in [-0.3, -0.25) is 13.6 Å². The molecule has 2 atom stereocenters. The van der Waals surface area contributed by atoms with Crippen molar-refractivity contribution < 1.29 is 32.6 Å². The van der Waals surface area contributed by atoms with Crippen molar-refractivity contribution in [1.82, 2.24) is 0 Å². The number of ether oxygens (including phenoxy) is 4. The van der Waals surface area contributed by atoms with Gasteiger partial charge in [0.1, 0.15) is 0 Å². The lowest BCUT2D eigenvalue weighted by Crippen LogP contribution is -2.31. The van der Waals surface area contributed by atoms with Gasteiger partial charge in [-0.05, 0) is 0 Å². The lowest BCUT2D eigenvalue weighted by atomic mass is 10.6. The van der Waals surface area contributed by atoms with E-state index in [0.717, 1.165) is 0 Å². The van der Waals surface area contributed by atoms with Gasteiger partial charge in [0.25, 0.3) is 0 Å². The predicted octanol–water partition coefficient (Wildman–Crippen LogP) is 0.155. The van der Waals surface area contributed by atoms with Crippen LogP contribution in [0.4, 0.5) is 0 Å². The Labute approximate surface area is 93.8 Å². The maximum atomic E-state index is 11.4. The van der Waals surface area contributed by atoms with E-state index < -0.39 is 20.8 Å². The molecule has 94 valence electrons. The van der Waals surface area contributed by atoms with E-state index in [2.05, 4.69) is 0 Å². The number of hydrogen-bond acceptors (Lipinski definition) is 7. The van der Waals surface area contributed by atoms with Gasteiger partial charge in [0, 0.05) is 0 Å². The Morgan fingerprint density at radius 3 is 1.75 bits per heavy atom. The van der Waals surface area contributed by atoms with Gasteiger partial charge in [0.15, 0.2) is 12.6 Å². The van der Waals surface area contributed by atoms with Crippen LogP contribution < -0.4 is 0 Å². The third-order valence-electron chi connectivity index (χ3n) is 2.03. The zero-order valence-electron chi connectivity index (χ0n) is 8.76. The Bertz CT molecular complexity index is 202. The molecule has 0 radical (unpaired) electrons. The lowest BCUT2D eigenvalue weighted by molar-refractivity contribution is -0.192. The van der Waals surface area contributed by atoms with E-state index in [4.69, 9.17) is 28.0 Å². The van der Waals surface area contributed by atoms with E-state index >= 15 is 0 Å². The van der Waals surface area contributed by atoms with Gasteiger partial charge in [-0.15, -0.1) is 0 Å². The van der Waals surface area contributed by atoms with Gasteiger partial charge in [-0.25, -0.2) is 0 Å². The first-order chi connectivity index (χ1) is 7.84. The van der Waals surface area contributed by atoms with Crippen LogP contribution >= 0.6 is 8.25 Å². The Morgan fingerprint density at radius 1 is 0.875 bits per heavy atom. The molecular formula is C8H15O7P. The van der Waals surface area contributed by atoms with Crippen molar-refractivity contribution in [1.29, 1.82) is 0 Å². The van der Waals surface area contributed by atoms with E-state index in [1.165, 1.54) is 0 Å². The molecule has 2 aliphatic rings. The first-order valence-electron chi connectivity index (χ1n) is 5.10. The number of hydrogen-bond donors (Lipinski definition) is 0. The largest absolute Gasteiger partial charge is 0.374 e. The summed E-state index contributed by atoms with van der Waals surface area (Å²) < 4.78 is 42.0. The molecule has 16 heavy (non-hydrogen) atoms. The molecule has 8 heteroatoms. The minimum absolute atomic E-state index is 0.266. The van der Waals surface area contributed by atoms with Gasteiger partial charge in [0.05, 0.1) is 39.6 Å². The monoisotopic (exact) mass is 254 g/mol. The van der Waals surface area contributed by atoms with Gasteiger partial charge in [-0.2, -0.15) is 0 Å². The van der Waals surface area contributed by atoms with Gasteiger partial charge >= 0.3 is 8.25 Å². The normalized spacial score (nSPS) is 33.5. The van der Waals surface area contributed by atoms with Crippen LogP contribution in [0.2, 0.25) is 0 Å². The average molecular weight is 254 g/mol. The van der Waals surface area contributed by atoms with Crippen molar-refractivity contribution in [2.45, 2.75) is 12.6 Å². The molecule has 0 aromatic rings. The SMILES string of the molecule is O=[PH](OC1COCCO1)OC1COCCO1. The molecule has 2 fully saturated rings. The average Bonchev–Trinajstić information content (AvgIpc) is 2.31. The zero-order valence-corrected chi connectivity index (χ0v) is 9.76. The van der Waals surface area contributed by atoms with Crippen LogP contribution in [0.1, 0.15) is 0 Å². The maximum Gasteiger partial charge on any atom is 0.323 e. The Morgan fingerprint density at radius 2 is 1.38 bits per heavy atom. The molecule has 2 unspecified atom stereocenters. The van der Waals surface area contributed by atoms with Crippen LogP contribution in [0.25, 0.3) is 0 Å². The minimum Gasteiger partial charge on any atom is -0.374 e. The van der Waals surface area contributed by atoms with Crippen LogP contribution in [0, 0.1) is 0 Å². The summed E-state index contributed by atoms with van der Waals surface area (Å²) in [6, 6.07) is 0. The van der Waals surface area contributed by atoms with Crippen molar-refractivity contribution in [3.8, 4) is 0 Å². The Hall–Kier alpha value is -0.0100. The van der Waals surface area contributed by atoms with E-state index in [1.54, 1.807) is 0 Å². The molecule has 0 aromatic carbocycles. The summed E-state index contributed by atoms with van der Waals surface area (Å²) >= 11 is 0. The summed E-state index contributed by atoms with van der Waals surface area (Å²) in [5.74, 6) is 0. The molecule has 0 amide bonds. The molecule has 0 saturated carbocycles. The minimum atomic E-state index is -2.65. The van der Waals surface area contributed by atoms with Crippen molar-refractivity contribution in [3.63, 3.8) is 0 Å². The van der Waals surface area contributed by atoms with E-state index in [0.29, 0.717) is 26.4 Å². The van der Waals surface area contributed by atoms with Crippen molar-refractivity contribution >= 4 is 8.25 Å². The zero-order chi connectivity index (χ0) is 11.2. The topological polar surface area (TPSA) is 72.5 Å². The van der Waals surface area contributed by atoms with Crippen LogP contribution in [0.5, 0.6) is 0 Å². The van der Waals surface area contributed by atoms with Crippen molar-refractivity contribution in [3.05, 3.63) is 0 Å². The highest BCUT2D eigenvalue weighted by molar-refractivity contribution is 7.33. The summed E-state index contributed by atoms with van der Waals surface area (Å²) in [6.45, 7) is 2.46. The predicted molar refractivity (Wildman–Crippen MR) is 52.3 cm³/mol. The molecule has 0 bridgehead atoms. The first-order valence-corrected chi connectivity index (χ1v) is 6.33. The molecule has 2 saturated heterocycles. The summed E-state index contributed by atoms with van der Waals surface area (Å²) in [5.41, 5.74) is 0. The molecule has 2 aliphatic heterocycles. The third-order valence-corrected chi connectivity index (χ3v) is 2.94. The van der Waals surface area contributed by atoms with E-state index in [9.17, 15) is 4.57 Å². The lowest BCUT2D eigenvalue weighted by Gasteiger charge is -2.25. The summed E-state index contributed by atoms with van der Waals surface area (Å²) in [5, 5.41) is 0. The molecule has 0 spiro atoms. The molecule has 7 nitrogen and oxygen atoms in total.